The molecule has 0 bridgehead atoms. The topological polar surface area (TPSA) is 53.0 Å². The average Bonchev–Trinajstić information content (AvgIpc) is 2.54. The van der Waals surface area contributed by atoms with E-state index >= 15 is 0 Å². The Labute approximate surface area is 132 Å². The highest BCUT2D eigenvalue weighted by Crippen LogP contribution is 2.11. The molecule has 22 heavy (non-hydrogen) atoms. The van der Waals surface area contributed by atoms with Crippen molar-refractivity contribution in [3.8, 4) is 0 Å². The zero-order chi connectivity index (χ0) is 15.8. The molecule has 0 spiro atoms. The van der Waals surface area contributed by atoms with Crippen LogP contribution in [0.15, 0.2) is 24.3 Å². The highest BCUT2D eigenvalue weighted by Gasteiger charge is 2.21. The normalized spacial score (nSPS) is 16.0. The maximum absolute atomic E-state index is 12.4. The van der Waals surface area contributed by atoms with Crippen molar-refractivity contribution in [1.29, 1.82) is 0 Å². The molecular formula is C17H26N2O3. The monoisotopic (exact) mass is 306 g/mol. The molecule has 0 atom stereocenters. The van der Waals surface area contributed by atoms with E-state index in [2.05, 4.69) is 4.90 Å². The Morgan fingerprint density at radius 2 is 1.91 bits per heavy atom. The zero-order valence-corrected chi connectivity index (χ0v) is 13.3. The fourth-order valence-electron chi connectivity index (χ4n) is 2.66. The minimum atomic E-state index is 0.0706. The summed E-state index contributed by atoms with van der Waals surface area (Å²) in [5.41, 5.74) is 2.29. The summed E-state index contributed by atoms with van der Waals surface area (Å²) in [5, 5.41) is 8.66. The molecule has 1 saturated heterocycles. The van der Waals surface area contributed by atoms with Gasteiger partial charge in [-0.05, 0) is 18.1 Å². The Balaban J connectivity index is 1.72. The van der Waals surface area contributed by atoms with Gasteiger partial charge in [-0.2, -0.15) is 0 Å². The number of carbonyl (C=O) groups excluding carboxylic acids is 1. The smallest absolute Gasteiger partial charge is 0.227 e. The van der Waals surface area contributed by atoms with Crippen LogP contribution < -0.4 is 0 Å². The number of aliphatic hydroxyl groups excluding tert-OH is 1. The largest absolute Gasteiger partial charge is 0.394 e. The molecule has 1 aliphatic heterocycles. The van der Waals surface area contributed by atoms with Gasteiger partial charge >= 0.3 is 0 Å². The van der Waals surface area contributed by atoms with Crippen molar-refractivity contribution in [2.45, 2.75) is 13.3 Å². The van der Waals surface area contributed by atoms with Crippen LogP contribution in [0, 0.1) is 6.92 Å². The molecule has 0 saturated carbocycles. The van der Waals surface area contributed by atoms with Crippen molar-refractivity contribution in [2.24, 2.45) is 0 Å². The second-order valence-electron chi connectivity index (χ2n) is 5.66. The summed E-state index contributed by atoms with van der Waals surface area (Å²) in [5.74, 6) is 0.213. The summed E-state index contributed by atoms with van der Waals surface area (Å²) in [6.45, 7) is 7.36. The Morgan fingerprint density at radius 1 is 1.18 bits per heavy atom. The van der Waals surface area contributed by atoms with Crippen LogP contribution in [0.2, 0.25) is 0 Å². The van der Waals surface area contributed by atoms with Crippen LogP contribution in [0.3, 0.4) is 0 Å². The first-order chi connectivity index (χ1) is 10.7. The Kier molecular flexibility index (Phi) is 6.83. The van der Waals surface area contributed by atoms with Crippen molar-refractivity contribution < 1.29 is 14.6 Å². The van der Waals surface area contributed by atoms with Crippen LogP contribution in [0.5, 0.6) is 0 Å². The lowest BCUT2D eigenvalue weighted by atomic mass is 10.1. The first-order valence-corrected chi connectivity index (χ1v) is 7.94. The third kappa shape index (κ3) is 5.09. The van der Waals surface area contributed by atoms with Gasteiger partial charge in [-0.25, -0.2) is 0 Å². The molecule has 1 fully saturated rings. The van der Waals surface area contributed by atoms with Crippen molar-refractivity contribution in [3.63, 3.8) is 0 Å². The van der Waals surface area contributed by atoms with E-state index in [1.807, 2.05) is 36.1 Å². The van der Waals surface area contributed by atoms with Crippen molar-refractivity contribution in [3.05, 3.63) is 35.4 Å². The van der Waals surface area contributed by atoms with Crippen LogP contribution in [-0.2, 0) is 16.0 Å². The Bertz CT molecular complexity index is 471. The van der Waals surface area contributed by atoms with E-state index in [0.717, 1.165) is 38.3 Å². The summed E-state index contributed by atoms with van der Waals surface area (Å²) < 4.78 is 5.28. The lowest BCUT2D eigenvalue weighted by Crippen LogP contribution is -2.49. The zero-order valence-electron chi connectivity index (χ0n) is 13.3. The molecule has 0 unspecified atom stereocenters. The van der Waals surface area contributed by atoms with Crippen LogP contribution in [0.25, 0.3) is 0 Å². The molecule has 1 aromatic rings. The van der Waals surface area contributed by atoms with E-state index in [1.165, 1.54) is 5.56 Å². The second kappa shape index (κ2) is 8.88. The van der Waals surface area contributed by atoms with E-state index in [1.54, 1.807) is 0 Å². The quantitative estimate of drug-likeness (QED) is 0.753. The van der Waals surface area contributed by atoms with Gasteiger partial charge in [-0.1, -0.05) is 24.3 Å². The maximum atomic E-state index is 12.4. The first-order valence-electron chi connectivity index (χ1n) is 7.94. The molecule has 0 aromatic heterocycles. The van der Waals surface area contributed by atoms with E-state index in [0.29, 0.717) is 19.6 Å². The molecule has 1 aliphatic rings. The van der Waals surface area contributed by atoms with E-state index < -0.39 is 0 Å². The highest BCUT2D eigenvalue weighted by atomic mass is 16.5. The van der Waals surface area contributed by atoms with Gasteiger partial charge in [0.2, 0.25) is 5.91 Å². The third-order valence-electron chi connectivity index (χ3n) is 4.12. The molecule has 1 aromatic carbocycles. The third-order valence-corrected chi connectivity index (χ3v) is 4.12. The molecule has 122 valence electrons. The number of hydrogen-bond acceptors (Lipinski definition) is 4. The molecule has 5 nitrogen and oxygen atoms in total. The lowest BCUT2D eigenvalue weighted by molar-refractivity contribution is -0.132. The first kappa shape index (κ1) is 16.9. The van der Waals surface area contributed by atoms with Gasteiger partial charge in [0.15, 0.2) is 0 Å². The molecule has 1 N–H and O–H groups in total. The highest BCUT2D eigenvalue weighted by molar-refractivity contribution is 5.79. The summed E-state index contributed by atoms with van der Waals surface area (Å²) in [4.78, 5) is 16.6. The number of benzene rings is 1. The number of ether oxygens (including phenoxy) is 1. The van der Waals surface area contributed by atoms with Gasteiger partial charge in [0.1, 0.15) is 0 Å². The summed E-state index contributed by atoms with van der Waals surface area (Å²) in [7, 11) is 0. The van der Waals surface area contributed by atoms with E-state index in [9.17, 15) is 4.79 Å². The standard InChI is InChI=1S/C17H26N2O3/c1-15-4-2-3-5-16(15)14-17(21)19-8-6-18(7-9-19)10-12-22-13-11-20/h2-5,20H,6-14H2,1H3. The molecule has 1 amide bonds. The predicted molar refractivity (Wildman–Crippen MR) is 85.8 cm³/mol. The second-order valence-corrected chi connectivity index (χ2v) is 5.66. The van der Waals surface area contributed by atoms with Gasteiger partial charge < -0.3 is 14.7 Å². The van der Waals surface area contributed by atoms with Crippen LogP contribution in [0.1, 0.15) is 11.1 Å². The Morgan fingerprint density at radius 3 is 2.59 bits per heavy atom. The number of piperazine rings is 1. The molecule has 2 rings (SSSR count). The molecule has 1 heterocycles. The predicted octanol–water partition coefficient (Wildman–Crippen LogP) is 0.691. The number of carbonyl (C=O) groups is 1. The van der Waals surface area contributed by atoms with Gasteiger partial charge in [0.05, 0.1) is 26.2 Å². The van der Waals surface area contributed by atoms with Crippen LogP contribution in [-0.4, -0.2) is 73.4 Å². The average molecular weight is 306 g/mol. The van der Waals surface area contributed by atoms with Gasteiger partial charge in [0.25, 0.3) is 0 Å². The number of amides is 1. The number of hydrogen-bond donors (Lipinski definition) is 1. The fraction of sp³-hybridized carbons (Fsp3) is 0.588. The molecular weight excluding hydrogens is 280 g/mol. The van der Waals surface area contributed by atoms with Crippen molar-refractivity contribution in [1.82, 2.24) is 9.80 Å². The van der Waals surface area contributed by atoms with Crippen LogP contribution >= 0.6 is 0 Å². The number of nitrogens with zero attached hydrogens (tertiary/aromatic N) is 2. The minimum Gasteiger partial charge on any atom is -0.394 e. The molecule has 5 heteroatoms. The SMILES string of the molecule is Cc1ccccc1CC(=O)N1CCN(CCOCCO)CC1. The fourth-order valence-corrected chi connectivity index (χ4v) is 2.66. The molecule has 0 radical (unpaired) electrons. The summed E-state index contributed by atoms with van der Waals surface area (Å²) in [6, 6.07) is 8.07. The summed E-state index contributed by atoms with van der Waals surface area (Å²) in [6.07, 6.45) is 0.492. The summed E-state index contributed by atoms with van der Waals surface area (Å²) >= 11 is 0. The van der Waals surface area contributed by atoms with Crippen molar-refractivity contribution in [2.75, 3.05) is 52.5 Å². The number of aliphatic hydroxyl groups is 1. The number of aryl methyl sites for hydroxylation is 1. The lowest BCUT2D eigenvalue weighted by Gasteiger charge is -2.34. The Hall–Kier alpha value is -1.43. The van der Waals surface area contributed by atoms with Gasteiger partial charge in [0, 0.05) is 32.7 Å². The molecule has 0 aliphatic carbocycles. The van der Waals surface area contributed by atoms with E-state index in [4.69, 9.17) is 9.84 Å². The van der Waals surface area contributed by atoms with Crippen LogP contribution in [0.4, 0.5) is 0 Å². The maximum Gasteiger partial charge on any atom is 0.227 e. The van der Waals surface area contributed by atoms with Gasteiger partial charge in [-0.15, -0.1) is 0 Å². The van der Waals surface area contributed by atoms with Crippen molar-refractivity contribution >= 4 is 5.91 Å². The number of rotatable bonds is 7. The van der Waals surface area contributed by atoms with E-state index in [-0.39, 0.29) is 12.5 Å². The van der Waals surface area contributed by atoms with Gasteiger partial charge in [-0.3, -0.25) is 9.69 Å². The minimum absolute atomic E-state index is 0.0706.